The molecule has 0 unspecified atom stereocenters. The van der Waals surface area contributed by atoms with Crippen LogP contribution in [0.3, 0.4) is 0 Å². The van der Waals surface area contributed by atoms with E-state index in [0.717, 1.165) is 44.9 Å². The van der Waals surface area contributed by atoms with Crippen LogP contribution >= 0.6 is 0 Å². The molecule has 0 amide bonds. The second-order valence-corrected chi connectivity index (χ2v) is 10.8. The number of rotatable bonds is 6. The average molecular weight is 563 g/mol. The molecule has 0 atom stereocenters. The Hall–Kier alpha value is -5.88. The SMILES string of the molecule is Nc1ccc(Oc2ccc(C3(c4ccc(Oc5ccc(N)cc5)cc4)c4cc(N)ccc4-c4ccc(N)cc43)cc2)cc1. The lowest BCUT2D eigenvalue weighted by atomic mass is 9.67. The first kappa shape index (κ1) is 26.0. The third-order valence-corrected chi connectivity index (χ3v) is 7.99. The first-order valence-corrected chi connectivity index (χ1v) is 14.0. The van der Waals surface area contributed by atoms with E-state index in [2.05, 4.69) is 48.5 Å². The van der Waals surface area contributed by atoms with Crippen molar-refractivity contribution in [1.29, 1.82) is 0 Å². The highest BCUT2D eigenvalue weighted by atomic mass is 16.5. The third kappa shape index (κ3) is 4.55. The highest BCUT2D eigenvalue weighted by Crippen LogP contribution is 2.57. The third-order valence-electron chi connectivity index (χ3n) is 7.99. The van der Waals surface area contributed by atoms with Crippen molar-refractivity contribution < 1.29 is 9.47 Å². The van der Waals surface area contributed by atoms with Crippen molar-refractivity contribution in [2.75, 3.05) is 22.9 Å². The molecule has 6 heteroatoms. The summed E-state index contributed by atoms with van der Waals surface area (Å²) in [7, 11) is 0. The molecule has 0 spiro atoms. The van der Waals surface area contributed by atoms with Crippen LogP contribution in [0.2, 0.25) is 0 Å². The van der Waals surface area contributed by atoms with Crippen molar-refractivity contribution >= 4 is 22.7 Å². The van der Waals surface area contributed by atoms with Crippen molar-refractivity contribution in [3.05, 3.63) is 156 Å². The molecule has 6 aromatic carbocycles. The maximum atomic E-state index is 6.43. The van der Waals surface area contributed by atoms with E-state index >= 15 is 0 Å². The highest BCUT2D eigenvalue weighted by Gasteiger charge is 2.46. The Morgan fingerprint density at radius 1 is 0.349 bits per heavy atom. The smallest absolute Gasteiger partial charge is 0.127 e. The van der Waals surface area contributed by atoms with Crippen molar-refractivity contribution in [1.82, 2.24) is 0 Å². The van der Waals surface area contributed by atoms with Gasteiger partial charge in [0.05, 0.1) is 5.41 Å². The quantitative estimate of drug-likeness (QED) is 0.153. The van der Waals surface area contributed by atoms with E-state index in [9.17, 15) is 0 Å². The minimum Gasteiger partial charge on any atom is -0.457 e. The average Bonchev–Trinajstić information content (AvgIpc) is 3.29. The van der Waals surface area contributed by atoms with Crippen LogP contribution in [0, 0.1) is 0 Å². The Bertz CT molecular complexity index is 1790. The Kier molecular flexibility index (Phi) is 6.17. The molecular formula is C37H30N4O2. The van der Waals surface area contributed by atoms with E-state index < -0.39 is 5.41 Å². The number of hydrogen-bond donors (Lipinski definition) is 4. The molecule has 6 aromatic rings. The van der Waals surface area contributed by atoms with Gasteiger partial charge < -0.3 is 32.4 Å². The van der Waals surface area contributed by atoms with E-state index in [1.807, 2.05) is 84.9 Å². The predicted octanol–water partition coefficient (Wildman–Crippen LogP) is 7.96. The fraction of sp³-hybridized carbons (Fsp3) is 0.0270. The molecule has 43 heavy (non-hydrogen) atoms. The largest absolute Gasteiger partial charge is 0.457 e. The van der Waals surface area contributed by atoms with E-state index in [1.165, 1.54) is 0 Å². The standard InChI is InChI=1S/C37H30N4O2/c38-25-5-15-31(16-6-25)42-29-11-1-23(2-12-29)37(24-3-13-30(14-4-24)43-32-17-7-26(39)8-18-32)35-21-27(40)9-19-33(35)34-20-10-28(41)22-36(34)37/h1-22H,38-41H2. The predicted molar refractivity (Wildman–Crippen MR) is 174 cm³/mol. The van der Waals surface area contributed by atoms with E-state index in [4.69, 9.17) is 32.4 Å². The molecule has 0 aromatic heterocycles. The normalized spacial score (nSPS) is 12.7. The van der Waals surface area contributed by atoms with Gasteiger partial charge in [0, 0.05) is 22.7 Å². The van der Waals surface area contributed by atoms with Crippen molar-refractivity contribution in [2.24, 2.45) is 0 Å². The number of ether oxygens (including phenoxy) is 2. The maximum absolute atomic E-state index is 6.43. The Balaban J connectivity index is 1.37. The summed E-state index contributed by atoms with van der Waals surface area (Å²) in [6, 6.07) is 43.3. The van der Waals surface area contributed by atoms with Gasteiger partial charge in [0.25, 0.3) is 0 Å². The summed E-state index contributed by atoms with van der Waals surface area (Å²) in [4.78, 5) is 0. The van der Waals surface area contributed by atoms with Crippen LogP contribution in [0.1, 0.15) is 22.3 Å². The van der Waals surface area contributed by atoms with Gasteiger partial charge in [-0.25, -0.2) is 0 Å². The van der Waals surface area contributed by atoms with Crippen LogP contribution in [0.25, 0.3) is 11.1 Å². The second kappa shape index (κ2) is 10.2. The van der Waals surface area contributed by atoms with E-state index in [-0.39, 0.29) is 0 Å². The molecule has 0 saturated carbocycles. The lowest BCUT2D eigenvalue weighted by Crippen LogP contribution is -2.28. The van der Waals surface area contributed by atoms with Gasteiger partial charge in [0.15, 0.2) is 0 Å². The van der Waals surface area contributed by atoms with E-state index in [1.54, 1.807) is 0 Å². The van der Waals surface area contributed by atoms with Crippen molar-refractivity contribution in [2.45, 2.75) is 5.41 Å². The fourth-order valence-electron chi connectivity index (χ4n) is 6.04. The van der Waals surface area contributed by atoms with Gasteiger partial charge in [0.2, 0.25) is 0 Å². The molecule has 0 bridgehead atoms. The van der Waals surface area contributed by atoms with E-state index in [0.29, 0.717) is 34.2 Å². The molecule has 1 aliphatic carbocycles. The van der Waals surface area contributed by atoms with Gasteiger partial charge in [-0.3, -0.25) is 0 Å². The molecule has 1 aliphatic rings. The molecule has 0 aliphatic heterocycles. The topological polar surface area (TPSA) is 123 Å². The highest BCUT2D eigenvalue weighted by molar-refractivity contribution is 5.88. The molecule has 6 nitrogen and oxygen atoms in total. The number of hydrogen-bond acceptors (Lipinski definition) is 6. The summed E-state index contributed by atoms with van der Waals surface area (Å²) in [5.41, 5.74) is 33.2. The van der Waals surface area contributed by atoms with Gasteiger partial charge in [-0.05, 0) is 130 Å². The zero-order chi connectivity index (χ0) is 29.6. The summed E-state index contributed by atoms with van der Waals surface area (Å²) in [5.74, 6) is 2.86. The molecule has 0 radical (unpaired) electrons. The molecule has 0 fully saturated rings. The van der Waals surface area contributed by atoms with Crippen molar-refractivity contribution in [3.63, 3.8) is 0 Å². The van der Waals surface area contributed by atoms with Crippen LogP contribution < -0.4 is 32.4 Å². The van der Waals surface area contributed by atoms with Crippen molar-refractivity contribution in [3.8, 4) is 34.1 Å². The van der Waals surface area contributed by atoms with Gasteiger partial charge in [-0.15, -0.1) is 0 Å². The maximum Gasteiger partial charge on any atom is 0.127 e. The molecule has 8 N–H and O–H groups in total. The van der Waals surface area contributed by atoms with Crippen LogP contribution in [0.4, 0.5) is 22.7 Å². The van der Waals surface area contributed by atoms with Crippen LogP contribution in [-0.4, -0.2) is 0 Å². The number of anilines is 4. The molecule has 0 heterocycles. The van der Waals surface area contributed by atoms with Crippen LogP contribution in [0.15, 0.2) is 133 Å². The summed E-state index contributed by atoms with van der Waals surface area (Å²) >= 11 is 0. The van der Waals surface area contributed by atoms with Gasteiger partial charge in [0.1, 0.15) is 23.0 Å². The second-order valence-electron chi connectivity index (χ2n) is 10.8. The summed E-state index contributed by atoms with van der Waals surface area (Å²) in [5, 5.41) is 0. The first-order valence-electron chi connectivity index (χ1n) is 14.0. The number of nitrogens with two attached hydrogens (primary N) is 4. The zero-order valence-electron chi connectivity index (χ0n) is 23.3. The summed E-state index contributed by atoms with van der Waals surface area (Å²) in [6.07, 6.45) is 0. The zero-order valence-corrected chi connectivity index (χ0v) is 23.3. The minimum absolute atomic E-state index is 0.686. The Morgan fingerprint density at radius 2 is 0.651 bits per heavy atom. The number of nitrogen functional groups attached to an aromatic ring is 4. The number of fused-ring (bicyclic) bond motifs is 3. The van der Waals surface area contributed by atoms with Gasteiger partial charge in [-0.1, -0.05) is 36.4 Å². The monoisotopic (exact) mass is 562 g/mol. The molecule has 0 saturated heterocycles. The lowest BCUT2D eigenvalue weighted by molar-refractivity contribution is 0.482. The molecular weight excluding hydrogens is 532 g/mol. The van der Waals surface area contributed by atoms with Crippen LogP contribution in [-0.2, 0) is 5.41 Å². The summed E-state index contributed by atoms with van der Waals surface area (Å²) < 4.78 is 12.3. The first-order chi connectivity index (χ1) is 20.9. The fourth-order valence-corrected chi connectivity index (χ4v) is 6.04. The minimum atomic E-state index is -0.686. The Labute approximate surface area is 250 Å². The summed E-state index contributed by atoms with van der Waals surface area (Å²) in [6.45, 7) is 0. The number of benzene rings is 6. The lowest BCUT2D eigenvalue weighted by Gasteiger charge is -2.34. The van der Waals surface area contributed by atoms with Gasteiger partial charge >= 0.3 is 0 Å². The Morgan fingerprint density at radius 3 is 1.00 bits per heavy atom. The van der Waals surface area contributed by atoms with Crippen LogP contribution in [0.5, 0.6) is 23.0 Å². The molecule has 210 valence electrons. The molecule has 7 rings (SSSR count). The van der Waals surface area contributed by atoms with Gasteiger partial charge in [-0.2, -0.15) is 0 Å².